The minimum Gasteiger partial charge on any atom is -0.390 e. The first kappa shape index (κ1) is 19.4. The standard InChI is InChI=1S/C21H19ClN4O2S/c1-13-11-23-9-8-17(13)25-15-4-2-14(3-5-15)18-10-16(28-26-18)12-24-21(27)19-6-7-20(22)29-19/h2-9,11,16H,10,12H2,1H3,(H,23,25)(H,24,27). The highest BCUT2D eigenvalue weighted by atomic mass is 35.5. The Morgan fingerprint density at radius 2 is 2.07 bits per heavy atom. The van der Waals surface area contributed by atoms with E-state index in [-0.39, 0.29) is 12.0 Å². The van der Waals surface area contributed by atoms with Gasteiger partial charge in [-0.15, -0.1) is 11.3 Å². The molecular weight excluding hydrogens is 408 g/mol. The molecule has 0 radical (unpaired) electrons. The highest BCUT2D eigenvalue weighted by molar-refractivity contribution is 7.18. The van der Waals surface area contributed by atoms with Crippen molar-refractivity contribution in [3.05, 3.63) is 75.2 Å². The minimum atomic E-state index is -0.179. The number of carbonyl (C=O) groups excluding carboxylic acids is 1. The number of thiophene rings is 1. The van der Waals surface area contributed by atoms with Crippen molar-refractivity contribution in [2.24, 2.45) is 5.16 Å². The Balaban J connectivity index is 1.31. The van der Waals surface area contributed by atoms with Crippen LogP contribution >= 0.6 is 22.9 Å². The number of oxime groups is 1. The van der Waals surface area contributed by atoms with E-state index in [0.29, 0.717) is 22.2 Å². The van der Waals surface area contributed by atoms with Crippen LogP contribution in [0.3, 0.4) is 0 Å². The van der Waals surface area contributed by atoms with E-state index in [1.807, 2.05) is 43.5 Å². The van der Waals surface area contributed by atoms with Gasteiger partial charge in [0.1, 0.15) is 6.10 Å². The fourth-order valence-electron chi connectivity index (χ4n) is 2.95. The van der Waals surface area contributed by atoms with Crippen molar-refractivity contribution in [3.63, 3.8) is 0 Å². The summed E-state index contributed by atoms with van der Waals surface area (Å²) < 4.78 is 0.593. The van der Waals surface area contributed by atoms with Crippen molar-refractivity contribution in [2.75, 3.05) is 11.9 Å². The Labute approximate surface area is 177 Å². The lowest BCUT2D eigenvalue weighted by Gasteiger charge is -2.10. The number of benzene rings is 1. The molecule has 0 bridgehead atoms. The van der Waals surface area contributed by atoms with Crippen LogP contribution in [-0.4, -0.2) is 29.3 Å². The van der Waals surface area contributed by atoms with Gasteiger partial charge < -0.3 is 15.5 Å². The van der Waals surface area contributed by atoms with Crippen LogP contribution in [0.15, 0.2) is 60.0 Å². The topological polar surface area (TPSA) is 75.6 Å². The molecule has 1 atom stereocenters. The molecule has 1 aliphatic heterocycles. The summed E-state index contributed by atoms with van der Waals surface area (Å²) in [7, 11) is 0. The van der Waals surface area contributed by atoms with Crippen molar-refractivity contribution >= 4 is 45.9 Å². The van der Waals surface area contributed by atoms with Gasteiger partial charge in [-0.05, 0) is 48.4 Å². The molecule has 0 aliphatic carbocycles. The third-order valence-corrected chi connectivity index (χ3v) is 5.77. The summed E-state index contributed by atoms with van der Waals surface area (Å²) in [5, 5.41) is 10.4. The first-order chi connectivity index (χ1) is 14.1. The minimum absolute atomic E-state index is 0.152. The summed E-state index contributed by atoms with van der Waals surface area (Å²) >= 11 is 7.12. The predicted molar refractivity (Wildman–Crippen MR) is 116 cm³/mol. The smallest absolute Gasteiger partial charge is 0.261 e. The van der Waals surface area contributed by atoms with Gasteiger partial charge in [0.25, 0.3) is 5.91 Å². The molecule has 1 aromatic carbocycles. The fraction of sp³-hybridized carbons (Fsp3) is 0.190. The largest absolute Gasteiger partial charge is 0.390 e. The Hall–Kier alpha value is -2.90. The van der Waals surface area contributed by atoms with Crippen molar-refractivity contribution in [2.45, 2.75) is 19.4 Å². The second kappa shape index (κ2) is 8.63. The van der Waals surface area contributed by atoms with Gasteiger partial charge in [0.2, 0.25) is 0 Å². The molecule has 29 heavy (non-hydrogen) atoms. The van der Waals surface area contributed by atoms with E-state index in [2.05, 4.69) is 20.8 Å². The van der Waals surface area contributed by atoms with Crippen molar-refractivity contribution in [1.82, 2.24) is 10.3 Å². The lowest BCUT2D eigenvalue weighted by atomic mass is 10.0. The summed E-state index contributed by atoms with van der Waals surface area (Å²) in [6.45, 7) is 2.41. The molecule has 1 unspecified atom stereocenters. The molecule has 2 aromatic heterocycles. The average Bonchev–Trinajstić information content (AvgIpc) is 3.38. The number of amides is 1. The fourth-order valence-corrected chi connectivity index (χ4v) is 3.91. The van der Waals surface area contributed by atoms with E-state index in [1.165, 1.54) is 11.3 Å². The van der Waals surface area contributed by atoms with Gasteiger partial charge in [-0.25, -0.2) is 0 Å². The number of hydrogen-bond acceptors (Lipinski definition) is 6. The summed E-state index contributed by atoms with van der Waals surface area (Å²) in [5.74, 6) is -0.152. The number of pyridine rings is 1. The number of rotatable bonds is 6. The van der Waals surface area contributed by atoms with Crippen LogP contribution in [0.1, 0.15) is 27.2 Å². The Kier molecular flexibility index (Phi) is 5.78. The van der Waals surface area contributed by atoms with Gasteiger partial charge in [0.05, 0.1) is 21.5 Å². The average molecular weight is 427 g/mol. The van der Waals surface area contributed by atoms with Gasteiger partial charge in [-0.3, -0.25) is 9.78 Å². The molecule has 3 aromatic rings. The molecule has 3 heterocycles. The molecule has 2 N–H and O–H groups in total. The van der Waals surface area contributed by atoms with Gasteiger partial charge in [0, 0.05) is 30.2 Å². The van der Waals surface area contributed by atoms with E-state index in [4.69, 9.17) is 16.4 Å². The third kappa shape index (κ3) is 4.75. The molecule has 1 aliphatic rings. The maximum atomic E-state index is 12.1. The molecular formula is C21H19ClN4O2S. The third-order valence-electron chi connectivity index (χ3n) is 4.54. The maximum Gasteiger partial charge on any atom is 0.261 e. The number of nitrogens with zero attached hydrogens (tertiary/aromatic N) is 2. The summed E-state index contributed by atoms with van der Waals surface area (Å²) in [6.07, 6.45) is 4.05. The first-order valence-electron chi connectivity index (χ1n) is 9.13. The van der Waals surface area contributed by atoms with Crippen LogP contribution in [0.4, 0.5) is 11.4 Å². The highest BCUT2D eigenvalue weighted by Crippen LogP contribution is 2.23. The second-order valence-electron chi connectivity index (χ2n) is 6.68. The van der Waals surface area contributed by atoms with E-state index in [0.717, 1.165) is 28.2 Å². The molecule has 148 valence electrons. The maximum absolute atomic E-state index is 12.1. The van der Waals surface area contributed by atoms with Crippen LogP contribution in [-0.2, 0) is 4.84 Å². The Morgan fingerprint density at radius 3 is 2.79 bits per heavy atom. The molecule has 0 saturated carbocycles. The monoisotopic (exact) mass is 426 g/mol. The van der Waals surface area contributed by atoms with Crippen LogP contribution in [0, 0.1) is 6.92 Å². The number of nitrogens with one attached hydrogen (secondary N) is 2. The SMILES string of the molecule is Cc1cnccc1Nc1ccc(C2=NOC(CNC(=O)c3ccc(Cl)s3)C2)cc1. The quantitative estimate of drug-likeness (QED) is 0.595. The lowest BCUT2D eigenvalue weighted by Crippen LogP contribution is -2.31. The molecule has 0 fully saturated rings. The summed E-state index contributed by atoms with van der Waals surface area (Å²) in [4.78, 5) is 22.3. The normalized spacial score (nSPS) is 15.5. The zero-order valence-corrected chi connectivity index (χ0v) is 17.3. The number of halogens is 1. The number of aromatic nitrogens is 1. The van der Waals surface area contributed by atoms with E-state index in [1.54, 1.807) is 18.3 Å². The zero-order chi connectivity index (χ0) is 20.2. The zero-order valence-electron chi connectivity index (χ0n) is 15.7. The van der Waals surface area contributed by atoms with Gasteiger partial charge in [0.15, 0.2) is 0 Å². The van der Waals surface area contributed by atoms with Crippen LogP contribution < -0.4 is 10.6 Å². The Bertz CT molecular complexity index is 1050. The molecule has 4 rings (SSSR count). The summed E-state index contributed by atoms with van der Waals surface area (Å²) in [6, 6.07) is 13.4. The predicted octanol–water partition coefficient (Wildman–Crippen LogP) is 4.77. The Morgan fingerprint density at radius 1 is 1.24 bits per heavy atom. The molecule has 1 amide bonds. The van der Waals surface area contributed by atoms with Crippen LogP contribution in [0.2, 0.25) is 4.34 Å². The van der Waals surface area contributed by atoms with Gasteiger partial charge in [-0.1, -0.05) is 28.9 Å². The highest BCUT2D eigenvalue weighted by Gasteiger charge is 2.23. The van der Waals surface area contributed by atoms with E-state index < -0.39 is 0 Å². The molecule has 0 spiro atoms. The molecule has 6 nitrogen and oxygen atoms in total. The number of anilines is 2. The first-order valence-corrected chi connectivity index (χ1v) is 10.3. The van der Waals surface area contributed by atoms with Crippen LogP contribution in [0.5, 0.6) is 0 Å². The van der Waals surface area contributed by atoms with Crippen molar-refractivity contribution in [1.29, 1.82) is 0 Å². The van der Waals surface area contributed by atoms with Gasteiger partial charge in [-0.2, -0.15) is 0 Å². The molecule has 8 heteroatoms. The lowest BCUT2D eigenvalue weighted by molar-refractivity contribution is 0.0755. The molecule has 0 saturated heterocycles. The second-order valence-corrected chi connectivity index (χ2v) is 8.39. The van der Waals surface area contributed by atoms with Crippen LogP contribution in [0.25, 0.3) is 0 Å². The van der Waals surface area contributed by atoms with E-state index >= 15 is 0 Å². The van der Waals surface area contributed by atoms with Gasteiger partial charge >= 0.3 is 0 Å². The summed E-state index contributed by atoms with van der Waals surface area (Å²) in [5.41, 5.74) is 4.97. The number of carbonyl (C=O) groups is 1. The van der Waals surface area contributed by atoms with Crippen molar-refractivity contribution < 1.29 is 9.63 Å². The number of hydrogen-bond donors (Lipinski definition) is 2. The van der Waals surface area contributed by atoms with Crippen molar-refractivity contribution in [3.8, 4) is 0 Å². The number of aryl methyl sites for hydroxylation is 1. The van der Waals surface area contributed by atoms with E-state index in [9.17, 15) is 4.79 Å².